The minimum Gasteiger partial charge on any atom is -0.480 e. The van der Waals surface area contributed by atoms with Crippen molar-refractivity contribution in [1.29, 1.82) is 0 Å². The number of carboxylic acid groups (broad SMARTS) is 1. The average Bonchev–Trinajstić information content (AvgIpc) is 2.22. The predicted octanol–water partition coefficient (Wildman–Crippen LogP) is 0.682. The highest BCUT2D eigenvalue weighted by atomic mass is 32.2. The Bertz CT molecular complexity index is 259. The number of carbonyl (C=O) groups excluding carboxylic acids is 1. The maximum absolute atomic E-state index is 11.7. The van der Waals surface area contributed by atoms with Gasteiger partial charge in [0.25, 0.3) is 0 Å². The molecule has 0 fully saturated rings. The third kappa shape index (κ3) is 7.23. The molecule has 17 heavy (non-hydrogen) atoms. The number of aliphatic carboxylic acids is 1. The standard InChI is InChI=1S/C11H22N2O3S/c1-7(2)6-8(12)10(14)13-9(11(15)16)4-5-17-3/h7-9H,4-6,12H2,1-3H3,(H,13,14)(H,15,16)/t8-,9+/m0/s1. The lowest BCUT2D eigenvalue weighted by Gasteiger charge is -2.18. The van der Waals surface area contributed by atoms with Gasteiger partial charge in [-0.2, -0.15) is 11.8 Å². The quantitative estimate of drug-likeness (QED) is 0.598. The van der Waals surface area contributed by atoms with Crippen LogP contribution in [0.15, 0.2) is 0 Å². The van der Waals surface area contributed by atoms with Crippen LogP contribution in [0.5, 0.6) is 0 Å². The molecule has 2 atom stereocenters. The summed E-state index contributed by atoms with van der Waals surface area (Å²) < 4.78 is 0. The Morgan fingerprint density at radius 2 is 2.00 bits per heavy atom. The summed E-state index contributed by atoms with van der Waals surface area (Å²) in [6.45, 7) is 3.94. The number of thioether (sulfide) groups is 1. The van der Waals surface area contributed by atoms with Gasteiger partial charge in [0.15, 0.2) is 0 Å². The number of nitrogens with two attached hydrogens (primary N) is 1. The monoisotopic (exact) mass is 262 g/mol. The zero-order valence-corrected chi connectivity index (χ0v) is 11.4. The van der Waals surface area contributed by atoms with E-state index in [9.17, 15) is 9.59 Å². The van der Waals surface area contributed by atoms with E-state index in [1.807, 2.05) is 20.1 Å². The van der Waals surface area contributed by atoms with E-state index >= 15 is 0 Å². The molecule has 100 valence electrons. The maximum atomic E-state index is 11.7. The first kappa shape index (κ1) is 16.2. The highest BCUT2D eigenvalue weighted by Gasteiger charge is 2.23. The number of hydrogen-bond acceptors (Lipinski definition) is 4. The second-order valence-electron chi connectivity index (χ2n) is 4.42. The zero-order valence-electron chi connectivity index (χ0n) is 10.6. The summed E-state index contributed by atoms with van der Waals surface area (Å²) in [5.41, 5.74) is 5.69. The predicted molar refractivity (Wildman–Crippen MR) is 70.0 cm³/mol. The van der Waals surface area contributed by atoms with Crippen molar-refractivity contribution in [1.82, 2.24) is 5.32 Å². The van der Waals surface area contributed by atoms with Crippen LogP contribution < -0.4 is 11.1 Å². The number of nitrogens with one attached hydrogen (secondary N) is 1. The van der Waals surface area contributed by atoms with Crippen molar-refractivity contribution in [2.45, 2.75) is 38.8 Å². The fraction of sp³-hybridized carbons (Fsp3) is 0.818. The van der Waals surface area contributed by atoms with Crippen molar-refractivity contribution in [2.75, 3.05) is 12.0 Å². The Labute approximate surface area is 107 Å². The largest absolute Gasteiger partial charge is 0.480 e. The van der Waals surface area contributed by atoms with Gasteiger partial charge in [-0.3, -0.25) is 4.79 Å². The molecular formula is C11H22N2O3S. The second kappa shape index (κ2) is 8.36. The molecule has 0 aliphatic heterocycles. The van der Waals surface area contributed by atoms with Gasteiger partial charge in [-0.05, 0) is 30.8 Å². The summed E-state index contributed by atoms with van der Waals surface area (Å²) in [7, 11) is 0. The van der Waals surface area contributed by atoms with E-state index in [1.54, 1.807) is 11.8 Å². The summed E-state index contributed by atoms with van der Waals surface area (Å²) in [5.74, 6) is -0.391. The van der Waals surface area contributed by atoms with Gasteiger partial charge in [0.1, 0.15) is 6.04 Å². The van der Waals surface area contributed by atoms with Crippen LogP contribution in [-0.4, -0.2) is 41.1 Å². The summed E-state index contributed by atoms with van der Waals surface area (Å²) in [4.78, 5) is 22.6. The average molecular weight is 262 g/mol. The number of rotatable bonds is 8. The highest BCUT2D eigenvalue weighted by molar-refractivity contribution is 7.98. The van der Waals surface area contributed by atoms with Crippen LogP contribution in [0.1, 0.15) is 26.7 Å². The lowest BCUT2D eigenvalue weighted by atomic mass is 10.0. The van der Waals surface area contributed by atoms with Gasteiger partial charge < -0.3 is 16.2 Å². The summed E-state index contributed by atoms with van der Waals surface area (Å²) in [6, 6.07) is -1.47. The van der Waals surface area contributed by atoms with Gasteiger partial charge in [0.05, 0.1) is 6.04 Å². The normalized spacial score (nSPS) is 14.4. The fourth-order valence-electron chi connectivity index (χ4n) is 1.39. The molecule has 0 aliphatic carbocycles. The molecule has 0 saturated heterocycles. The first-order valence-corrected chi connectivity index (χ1v) is 7.05. The lowest BCUT2D eigenvalue weighted by Crippen LogP contribution is -2.49. The third-order valence-electron chi connectivity index (χ3n) is 2.29. The van der Waals surface area contributed by atoms with Gasteiger partial charge in [0, 0.05) is 0 Å². The summed E-state index contributed by atoms with van der Waals surface area (Å²) >= 11 is 1.55. The molecular weight excluding hydrogens is 240 g/mol. The molecule has 0 aliphatic rings. The van der Waals surface area contributed by atoms with Crippen LogP contribution in [0.2, 0.25) is 0 Å². The number of amides is 1. The Morgan fingerprint density at radius 1 is 1.41 bits per heavy atom. The highest BCUT2D eigenvalue weighted by Crippen LogP contribution is 2.05. The Hall–Kier alpha value is -0.750. The maximum Gasteiger partial charge on any atom is 0.326 e. The van der Waals surface area contributed by atoms with Crippen LogP contribution in [-0.2, 0) is 9.59 Å². The molecule has 6 heteroatoms. The van der Waals surface area contributed by atoms with E-state index in [4.69, 9.17) is 10.8 Å². The summed E-state index contributed by atoms with van der Waals surface area (Å²) in [6.07, 6.45) is 2.86. The first-order chi connectivity index (χ1) is 7.88. The molecule has 0 rings (SSSR count). The van der Waals surface area contributed by atoms with Crippen LogP contribution in [0.3, 0.4) is 0 Å². The molecule has 0 aromatic rings. The molecule has 0 heterocycles. The molecule has 5 nitrogen and oxygen atoms in total. The molecule has 1 amide bonds. The molecule has 0 aromatic carbocycles. The SMILES string of the molecule is CSCC[C@@H](NC(=O)[C@@H](N)CC(C)C)C(=O)O. The van der Waals surface area contributed by atoms with Crippen LogP contribution in [0, 0.1) is 5.92 Å². The fourth-order valence-corrected chi connectivity index (χ4v) is 1.86. The topological polar surface area (TPSA) is 92.4 Å². The van der Waals surface area contributed by atoms with E-state index in [-0.39, 0.29) is 5.91 Å². The van der Waals surface area contributed by atoms with Gasteiger partial charge in [-0.15, -0.1) is 0 Å². The van der Waals surface area contributed by atoms with E-state index in [0.29, 0.717) is 24.5 Å². The van der Waals surface area contributed by atoms with E-state index < -0.39 is 18.1 Å². The zero-order chi connectivity index (χ0) is 13.4. The summed E-state index contributed by atoms with van der Waals surface area (Å²) in [5, 5.41) is 11.4. The van der Waals surface area contributed by atoms with Gasteiger partial charge in [-0.25, -0.2) is 4.79 Å². The molecule has 0 aromatic heterocycles. The molecule has 0 bridgehead atoms. The van der Waals surface area contributed by atoms with Gasteiger partial charge in [0.2, 0.25) is 5.91 Å². The van der Waals surface area contributed by atoms with Crippen molar-refractivity contribution in [3.8, 4) is 0 Å². The van der Waals surface area contributed by atoms with E-state index in [0.717, 1.165) is 0 Å². The molecule has 0 saturated carbocycles. The minimum atomic E-state index is -1.01. The van der Waals surface area contributed by atoms with Crippen LogP contribution >= 0.6 is 11.8 Å². The van der Waals surface area contributed by atoms with Gasteiger partial charge >= 0.3 is 5.97 Å². The van der Waals surface area contributed by atoms with Crippen molar-refractivity contribution in [3.05, 3.63) is 0 Å². The molecule has 0 spiro atoms. The molecule has 0 unspecified atom stereocenters. The van der Waals surface area contributed by atoms with Crippen molar-refractivity contribution < 1.29 is 14.7 Å². The van der Waals surface area contributed by atoms with Crippen molar-refractivity contribution >= 4 is 23.6 Å². The molecule has 4 N–H and O–H groups in total. The van der Waals surface area contributed by atoms with Crippen molar-refractivity contribution in [2.24, 2.45) is 11.7 Å². The van der Waals surface area contributed by atoms with E-state index in [1.165, 1.54) is 0 Å². The number of carbonyl (C=O) groups is 2. The smallest absolute Gasteiger partial charge is 0.326 e. The number of hydrogen-bond donors (Lipinski definition) is 3. The number of carboxylic acids is 1. The second-order valence-corrected chi connectivity index (χ2v) is 5.40. The Kier molecular flexibility index (Phi) is 7.99. The minimum absolute atomic E-state index is 0.310. The Morgan fingerprint density at radius 3 is 2.41 bits per heavy atom. The van der Waals surface area contributed by atoms with E-state index in [2.05, 4.69) is 5.32 Å². The Balaban J connectivity index is 4.24. The van der Waals surface area contributed by atoms with Crippen LogP contribution in [0.4, 0.5) is 0 Å². The van der Waals surface area contributed by atoms with Gasteiger partial charge in [-0.1, -0.05) is 13.8 Å². The third-order valence-corrected chi connectivity index (χ3v) is 2.93. The van der Waals surface area contributed by atoms with Crippen molar-refractivity contribution in [3.63, 3.8) is 0 Å². The van der Waals surface area contributed by atoms with Crippen LogP contribution in [0.25, 0.3) is 0 Å². The first-order valence-electron chi connectivity index (χ1n) is 5.66. The molecule has 0 radical (unpaired) electrons. The lowest BCUT2D eigenvalue weighted by molar-refractivity contribution is -0.142.